The molecule has 0 bridgehead atoms. The Bertz CT molecular complexity index is 765. The first kappa shape index (κ1) is 16.9. The number of amides is 2. The summed E-state index contributed by atoms with van der Waals surface area (Å²) >= 11 is 11.7. The van der Waals surface area contributed by atoms with E-state index < -0.39 is 12.0 Å². The molecule has 0 spiro atoms. The lowest BCUT2D eigenvalue weighted by Crippen LogP contribution is -2.14. The van der Waals surface area contributed by atoms with Crippen LogP contribution in [0.4, 0.5) is 16.2 Å². The van der Waals surface area contributed by atoms with E-state index in [-0.39, 0.29) is 11.3 Å². The monoisotopic (exact) mass is 354 g/mol. The van der Waals surface area contributed by atoms with Gasteiger partial charge in [-0.1, -0.05) is 23.2 Å². The Hall–Kier alpha value is -2.44. The van der Waals surface area contributed by atoms with Crippen LogP contribution in [0.2, 0.25) is 10.0 Å². The van der Waals surface area contributed by atoms with Crippen LogP contribution in [-0.2, 0) is 0 Å². The second-order valence-corrected chi connectivity index (χ2v) is 5.24. The van der Waals surface area contributed by atoms with Crippen LogP contribution in [0.1, 0.15) is 10.4 Å². The van der Waals surface area contributed by atoms with Crippen molar-refractivity contribution in [2.24, 2.45) is 0 Å². The highest BCUT2D eigenvalue weighted by Crippen LogP contribution is 2.27. The molecule has 0 unspecified atom stereocenters. The van der Waals surface area contributed by atoms with Crippen LogP contribution in [0.3, 0.4) is 0 Å². The molecule has 6 nitrogen and oxygen atoms in total. The molecule has 8 heteroatoms. The predicted molar refractivity (Wildman–Crippen MR) is 89.1 cm³/mol. The molecule has 2 amide bonds. The van der Waals surface area contributed by atoms with Crippen LogP contribution >= 0.6 is 23.2 Å². The minimum absolute atomic E-state index is 0.168. The van der Waals surface area contributed by atoms with E-state index in [1.54, 1.807) is 12.1 Å². The van der Waals surface area contributed by atoms with Crippen LogP contribution in [-0.4, -0.2) is 24.2 Å². The third-order valence-corrected chi connectivity index (χ3v) is 3.62. The molecule has 0 atom stereocenters. The number of methoxy groups -OCH3 is 1. The maximum Gasteiger partial charge on any atom is 0.409 e. The minimum Gasteiger partial charge on any atom is -0.495 e. The molecule has 0 radical (unpaired) electrons. The van der Waals surface area contributed by atoms with E-state index in [9.17, 15) is 9.59 Å². The summed E-state index contributed by atoms with van der Waals surface area (Å²) in [5.41, 5.74) is 0.885. The van der Waals surface area contributed by atoms with Gasteiger partial charge in [-0.25, -0.2) is 4.79 Å². The lowest BCUT2D eigenvalue weighted by molar-refractivity contribution is 0.102. The molecule has 0 saturated carbocycles. The Morgan fingerprint density at radius 2 is 1.78 bits per heavy atom. The van der Waals surface area contributed by atoms with E-state index in [1.807, 2.05) is 0 Å². The van der Waals surface area contributed by atoms with E-state index in [0.717, 1.165) is 0 Å². The molecule has 2 aromatic rings. The quantitative estimate of drug-likeness (QED) is 0.761. The summed E-state index contributed by atoms with van der Waals surface area (Å²) in [6.45, 7) is 0. The molecule has 23 heavy (non-hydrogen) atoms. The standard InChI is InChI=1S/C15H12Cl2N2O4/c1-23-13-5-2-8(6-12(13)19-15(21)22)14(20)18-9-3-4-10(16)11(17)7-9/h2-7,19H,1H3,(H,18,20)(H,21,22). The van der Waals surface area contributed by atoms with Gasteiger partial charge in [-0.05, 0) is 36.4 Å². The van der Waals surface area contributed by atoms with Gasteiger partial charge in [-0.3, -0.25) is 10.1 Å². The first-order chi connectivity index (χ1) is 10.9. The van der Waals surface area contributed by atoms with E-state index in [0.29, 0.717) is 21.5 Å². The first-order valence-corrected chi connectivity index (χ1v) is 7.10. The molecule has 0 aliphatic carbocycles. The Morgan fingerprint density at radius 1 is 1.04 bits per heavy atom. The van der Waals surface area contributed by atoms with E-state index >= 15 is 0 Å². The van der Waals surface area contributed by atoms with Crippen molar-refractivity contribution in [3.05, 3.63) is 52.0 Å². The van der Waals surface area contributed by atoms with Gasteiger partial charge in [0, 0.05) is 11.3 Å². The third-order valence-electron chi connectivity index (χ3n) is 2.88. The molecule has 0 aromatic heterocycles. The van der Waals surface area contributed by atoms with Crippen LogP contribution in [0.15, 0.2) is 36.4 Å². The number of carbonyl (C=O) groups excluding carboxylic acids is 1. The molecular formula is C15H12Cl2N2O4. The van der Waals surface area contributed by atoms with Crippen molar-refractivity contribution in [2.75, 3.05) is 17.7 Å². The van der Waals surface area contributed by atoms with Gasteiger partial charge in [-0.2, -0.15) is 0 Å². The SMILES string of the molecule is COc1ccc(C(=O)Nc2ccc(Cl)c(Cl)c2)cc1NC(=O)O. The lowest BCUT2D eigenvalue weighted by atomic mass is 10.1. The molecule has 120 valence electrons. The number of anilines is 2. The first-order valence-electron chi connectivity index (χ1n) is 6.35. The topological polar surface area (TPSA) is 87.7 Å². The fourth-order valence-electron chi connectivity index (χ4n) is 1.84. The predicted octanol–water partition coefficient (Wildman–Crippen LogP) is 4.34. The van der Waals surface area contributed by atoms with Crippen molar-refractivity contribution >= 4 is 46.6 Å². The molecule has 0 fully saturated rings. The fourth-order valence-corrected chi connectivity index (χ4v) is 2.14. The third kappa shape index (κ3) is 4.28. The second kappa shape index (κ2) is 7.21. The highest BCUT2D eigenvalue weighted by Gasteiger charge is 2.12. The molecule has 2 aromatic carbocycles. The summed E-state index contributed by atoms with van der Waals surface area (Å²) in [4.78, 5) is 23.0. The number of carboxylic acid groups (broad SMARTS) is 1. The smallest absolute Gasteiger partial charge is 0.409 e. The van der Waals surface area contributed by atoms with Crippen LogP contribution < -0.4 is 15.4 Å². The highest BCUT2D eigenvalue weighted by molar-refractivity contribution is 6.42. The Kier molecular flexibility index (Phi) is 5.31. The second-order valence-electron chi connectivity index (χ2n) is 4.43. The summed E-state index contributed by atoms with van der Waals surface area (Å²) in [7, 11) is 1.40. The van der Waals surface area contributed by atoms with Gasteiger partial charge < -0.3 is 15.2 Å². The van der Waals surface area contributed by atoms with E-state index in [4.69, 9.17) is 33.0 Å². The number of halogens is 2. The molecule has 0 aliphatic rings. The van der Waals surface area contributed by atoms with E-state index in [1.165, 1.54) is 31.4 Å². The summed E-state index contributed by atoms with van der Waals surface area (Å²) in [6, 6.07) is 9.06. The summed E-state index contributed by atoms with van der Waals surface area (Å²) in [5.74, 6) is -0.127. The van der Waals surface area contributed by atoms with Crippen molar-refractivity contribution < 1.29 is 19.4 Å². The number of hydrogen-bond acceptors (Lipinski definition) is 3. The normalized spacial score (nSPS) is 10.0. The molecule has 2 rings (SSSR count). The van der Waals surface area contributed by atoms with Gasteiger partial charge >= 0.3 is 6.09 Å². The number of nitrogens with one attached hydrogen (secondary N) is 2. The van der Waals surface area contributed by atoms with Crippen molar-refractivity contribution in [1.29, 1.82) is 0 Å². The van der Waals surface area contributed by atoms with Gasteiger partial charge in [-0.15, -0.1) is 0 Å². The number of benzene rings is 2. The number of hydrogen-bond donors (Lipinski definition) is 3. The number of carbonyl (C=O) groups is 2. The maximum absolute atomic E-state index is 12.2. The average Bonchev–Trinajstić information content (AvgIpc) is 2.50. The minimum atomic E-state index is -1.26. The Labute approximate surface area is 142 Å². The highest BCUT2D eigenvalue weighted by atomic mass is 35.5. The summed E-state index contributed by atoms with van der Waals surface area (Å²) in [6.07, 6.45) is -1.26. The van der Waals surface area contributed by atoms with Crippen molar-refractivity contribution in [3.63, 3.8) is 0 Å². The van der Waals surface area contributed by atoms with Gasteiger partial charge in [0.25, 0.3) is 5.91 Å². The summed E-state index contributed by atoms with van der Waals surface area (Å²) < 4.78 is 5.04. The number of ether oxygens (including phenoxy) is 1. The largest absolute Gasteiger partial charge is 0.495 e. The van der Waals surface area contributed by atoms with Crippen molar-refractivity contribution in [2.45, 2.75) is 0 Å². The van der Waals surface area contributed by atoms with Gasteiger partial charge in [0.05, 0.1) is 22.8 Å². The van der Waals surface area contributed by atoms with Crippen LogP contribution in [0.25, 0.3) is 0 Å². The van der Waals surface area contributed by atoms with Crippen molar-refractivity contribution in [1.82, 2.24) is 0 Å². The van der Waals surface area contributed by atoms with Crippen molar-refractivity contribution in [3.8, 4) is 5.75 Å². The zero-order chi connectivity index (χ0) is 17.0. The number of rotatable bonds is 4. The molecule has 0 heterocycles. The van der Waals surface area contributed by atoms with Crippen LogP contribution in [0.5, 0.6) is 5.75 Å². The lowest BCUT2D eigenvalue weighted by Gasteiger charge is -2.11. The molecular weight excluding hydrogens is 343 g/mol. The Morgan fingerprint density at radius 3 is 2.39 bits per heavy atom. The van der Waals surface area contributed by atoms with Crippen LogP contribution in [0, 0.1) is 0 Å². The molecule has 3 N–H and O–H groups in total. The fraction of sp³-hybridized carbons (Fsp3) is 0.0667. The molecule has 0 aliphatic heterocycles. The molecule has 0 saturated heterocycles. The zero-order valence-corrected chi connectivity index (χ0v) is 13.4. The Balaban J connectivity index is 2.24. The van der Waals surface area contributed by atoms with Gasteiger partial charge in [0.1, 0.15) is 5.75 Å². The zero-order valence-electron chi connectivity index (χ0n) is 11.9. The summed E-state index contributed by atoms with van der Waals surface area (Å²) in [5, 5.41) is 14.3. The van der Waals surface area contributed by atoms with E-state index in [2.05, 4.69) is 10.6 Å². The van der Waals surface area contributed by atoms with Gasteiger partial charge in [0.2, 0.25) is 0 Å². The average molecular weight is 355 g/mol. The maximum atomic E-state index is 12.2. The van der Waals surface area contributed by atoms with Gasteiger partial charge in [0.15, 0.2) is 0 Å².